The topological polar surface area (TPSA) is 85.5 Å². The number of amides is 1. The standard InChI is InChI=1S/C18H16F2N6OS/c19-12-5-11(7-22-8-12)16-1-3-24-26(16)17(27)14-2-4-25(10-15(14)20)18-23-9-13(6-21)28-18/h3,5,7-9,14-16H,1-2,4,10H2/t14-,15+,16+/m1/s1. The van der Waals surface area contributed by atoms with Gasteiger partial charge < -0.3 is 4.90 Å². The Bertz CT molecular complexity index is 958. The van der Waals surface area contributed by atoms with Crippen LogP contribution in [-0.4, -0.2) is 46.4 Å². The number of alkyl halides is 1. The van der Waals surface area contributed by atoms with Crippen molar-refractivity contribution < 1.29 is 13.6 Å². The number of piperidine rings is 1. The molecule has 144 valence electrons. The summed E-state index contributed by atoms with van der Waals surface area (Å²) in [7, 11) is 0. The maximum Gasteiger partial charge on any atom is 0.249 e. The van der Waals surface area contributed by atoms with Crippen LogP contribution in [0.4, 0.5) is 13.9 Å². The lowest BCUT2D eigenvalue weighted by atomic mass is 9.93. The van der Waals surface area contributed by atoms with Crippen LogP contribution in [0, 0.1) is 23.1 Å². The molecule has 1 amide bonds. The van der Waals surface area contributed by atoms with E-state index in [9.17, 15) is 13.6 Å². The van der Waals surface area contributed by atoms with Gasteiger partial charge in [-0.2, -0.15) is 10.4 Å². The average molecular weight is 402 g/mol. The van der Waals surface area contributed by atoms with E-state index in [0.717, 1.165) is 6.20 Å². The maximum atomic E-state index is 14.9. The second-order valence-electron chi connectivity index (χ2n) is 6.64. The molecule has 0 N–H and O–H groups in total. The molecule has 1 saturated heterocycles. The third kappa shape index (κ3) is 3.45. The lowest BCUT2D eigenvalue weighted by molar-refractivity contribution is -0.140. The molecule has 0 radical (unpaired) electrons. The number of aromatic nitrogens is 2. The molecule has 10 heteroatoms. The molecule has 0 unspecified atom stereocenters. The van der Waals surface area contributed by atoms with Gasteiger partial charge in [-0.05, 0) is 18.1 Å². The third-order valence-corrected chi connectivity index (χ3v) is 5.86. The first-order chi connectivity index (χ1) is 13.6. The van der Waals surface area contributed by atoms with Crippen molar-refractivity contribution in [3.63, 3.8) is 0 Å². The summed E-state index contributed by atoms with van der Waals surface area (Å²) in [5.41, 5.74) is 0.533. The number of hydrogen-bond acceptors (Lipinski definition) is 7. The minimum Gasteiger partial charge on any atom is -0.345 e. The van der Waals surface area contributed by atoms with Crippen LogP contribution in [-0.2, 0) is 4.79 Å². The van der Waals surface area contributed by atoms with Crippen molar-refractivity contribution in [1.29, 1.82) is 5.26 Å². The van der Waals surface area contributed by atoms with Crippen molar-refractivity contribution >= 4 is 28.6 Å². The molecule has 0 spiro atoms. The Labute approximate surface area is 163 Å². The fraction of sp³-hybridized carbons (Fsp3) is 0.389. The summed E-state index contributed by atoms with van der Waals surface area (Å²) >= 11 is 1.20. The Kier molecular flexibility index (Phi) is 5.00. The van der Waals surface area contributed by atoms with Crippen molar-refractivity contribution in [2.75, 3.05) is 18.0 Å². The maximum absolute atomic E-state index is 14.9. The van der Waals surface area contributed by atoms with Gasteiger partial charge in [-0.1, -0.05) is 11.3 Å². The molecule has 7 nitrogen and oxygen atoms in total. The second-order valence-corrected chi connectivity index (χ2v) is 7.65. The van der Waals surface area contributed by atoms with Gasteiger partial charge in [-0.25, -0.2) is 18.8 Å². The Morgan fingerprint density at radius 2 is 2.21 bits per heavy atom. The smallest absolute Gasteiger partial charge is 0.249 e. The molecule has 4 rings (SSSR count). The van der Waals surface area contributed by atoms with Crippen molar-refractivity contribution in [3.05, 3.63) is 40.9 Å². The van der Waals surface area contributed by atoms with Crippen molar-refractivity contribution in [2.24, 2.45) is 11.0 Å². The van der Waals surface area contributed by atoms with E-state index >= 15 is 0 Å². The fourth-order valence-electron chi connectivity index (χ4n) is 3.50. The van der Waals surface area contributed by atoms with E-state index in [1.165, 1.54) is 34.8 Å². The first kappa shape index (κ1) is 18.4. The number of pyridine rings is 1. The quantitative estimate of drug-likeness (QED) is 0.788. The number of rotatable bonds is 3. The van der Waals surface area contributed by atoms with E-state index in [1.54, 1.807) is 11.1 Å². The van der Waals surface area contributed by atoms with E-state index in [4.69, 9.17) is 5.26 Å². The highest BCUT2D eigenvalue weighted by Gasteiger charge is 2.40. The molecule has 0 aliphatic carbocycles. The molecule has 28 heavy (non-hydrogen) atoms. The second kappa shape index (κ2) is 7.59. The van der Waals surface area contributed by atoms with Gasteiger partial charge in [0.15, 0.2) is 5.13 Å². The first-order valence-electron chi connectivity index (χ1n) is 8.77. The third-order valence-electron chi connectivity index (χ3n) is 4.90. The Morgan fingerprint density at radius 3 is 2.93 bits per heavy atom. The van der Waals surface area contributed by atoms with E-state index < -0.39 is 29.9 Å². The number of halogens is 2. The normalized spacial score (nSPS) is 24.4. The van der Waals surface area contributed by atoms with Gasteiger partial charge >= 0.3 is 0 Å². The zero-order chi connectivity index (χ0) is 19.7. The summed E-state index contributed by atoms with van der Waals surface area (Å²) < 4.78 is 28.4. The minimum absolute atomic E-state index is 0.0263. The molecule has 3 atom stereocenters. The number of hydrazone groups is 1. The van der Waals surface area contributed by atoms with Gasteiger partial charge in [0.05, 0.1) is 30.9 Å². The van der Waals surface area contributed by atoms with Crippen molar-refractivity contribution in [3.8, 4) is 6.07 Å². The van der Waals surface area contributed by atoms with Crippen LogP contribution in [0.2, 0.25) is 0 Å². The van der Waals surface area contributed by atoms with Crippen LogP contribution in [0.1, 0.15) is 29.3 Å². The Hall–Kier alpha value is -2.93. The van der Waals surface area contributed by atoms with E-state index in [0.29, 0.717) is 35.0 Å². The summed E-state index contributed by atoms with van der Waals surface area (Å²) in [5, 5.41) is 14.8. The SMILES string of the molecule is N#Cc1cnc(N2CC[C@@H](C(=O)N3N=CC[C@H]3c3cncc(F)c3)[C@@H](F)C2)s1. The molecule has 1 fully saturated rings. The van der Waals surface area contributed by atoms with Gasteiger partial charge in [0.25, 0.3) is 0 Å². The Balaban J connectivity index is 1.46. The fourth-order valence-corrected chi connectivity index (χ4v) is 4.25. The van der Waals surface area contributed by atoms with Crippen LogP contribution in [0.25, 0.3) is 0 Å². The predicted octanol–water partition coefficient (Wildman–Crippen LogP) is 2.67. The zero-order valence-corrected chi connectivity index (χ0v) is 15.5. The molecular weight excluding hydrogens is 386 g/mol. The molecule has 0 bridgehead atoms. The van der Waals surface area contributed by atoms with Gasteiger partial charge in [0.1, 0.15) is 22.9 Å². The number of nitrogens with zero attached hydrogens (tertiary/aromatic N) is 6. The van der Waals surface area contributed by atoms with Crippen LogP contribution in [0.5, 0.6) is 0 Å². The van der Waals surface area contributed by atoms with Gasteiger partial charge in [-0.15, -0.1) is 0 Å². The molecule has 2 aromatic rings. The van der Waals surface area contributed by atoms with E-state index in [1.807, 2.05) is 6.07 Å². The summed E-state index contributed by atoms with van der Waals surface area (Å²) in [6.45, 7) is 0.484. The highest BCUT2D eigenvalue weighted by atomic mass is 32.1. The molecule has 0 saturated carbocycles. The number of thiazole rings is 1. The van der Waals surface area contributed by atoms with Gasteiger partial charge in [0.2, 0.25) is 5.91 Å². The highest BCUT2D eigenvalue weighted by Crippen LogP contribution is 2.34. The molecule has 2 aliphatic heterocycles. The number of hydrogen-bond donors (Lipinski definition) is 0. The molecule has 0 aromatic carbocycles. The minimum atomic E-state index is -1.39. The summed E-state index contributed by atoms with van der Waals surface area (Å²) in [6, 6.07) is 2.86. The van der Waals surface area contributed by atoms with Crippen molar-refractivity contribution in [1.82, 2.24) is 15.0 Å². The Morgan fingerprint density at radius 1 is 1.36 bits per heavy atom. The highest BCUT2D eigenvalue weighted by molar-refractivity contribution is 7.16. The summed E-state index contributed by atoms with van der Waals surface area (Å²) in [5.74, 6) is -1.73. The number of carbonyl (C=O) groups excluding carboxylic acids is 1. The van der Waals surface area contributed by atoms with E-state index in [2.05, 4.69) is 15.1 Å². The van der Waals surface area contributed by atoms with Gasteiger partial charge in [0, 0.05) is 25.4 Å². The molecular formula is C18H16F2N6OS. The van der Waals surface area contributed by atoms with Crippen molar-refractivity contribution in [2.45, 2.75) is 25.1 Å². The first-order valence-corrected chi connectivity index (χ1v) is 9.59. The summed E-state index contributed by atoms with van der Waals surface area (Å²) in [6.07, 6.45) is 4.97. The molecule has 2 aromatic heterocycles. The molecule has 2 aliphatic rings. The predicted molar refractivity (Wildman–Crippen MR) is 98.9 cm³/mol. The molecule has 4 heterocycles. The zero-order valence-electron chi connectivity index (χ0n) is 14.7. The summed E-state index contributed by atoms with van der Waals surface area (Å²) in [4.78, 5) is 23.1. The van der Waals surface area contributed by atoms with Crippen LogP contribution < -0.4 is 4.90 Å². The number of carbonyl (C=O) groups is 1. The largest absolute Gasteiger partial charge is 0.345 e. The monoisotopic (exact) mass is 402 g/mol. The van der Waals surface area contributed by atoms with E-state index in [-0.39, 0.29) is 6.54 Å². The number of anilines is 1. The lowest BCUT2D eigenvalue weighted by Gasteiger charge is -2.35. The van der Waals surface area contributed by atoms with Crippen LogP contribution >= 0.6 is 11.3 Å². The van der Waals surface area contributed by atoms with Crippen LogP contribution in [0.3, 0.4) is 0 Å². The van der Waals surface area contributed by atoms with Crippen LogP contribution in [0.15, 0.2) is 29.8 Å². The lowest BCUT2D eigenvalue weighted by Crippen LogP contribution is -2.48. The number of nitriles is 1. The van der Waals surface area contributed by atoms with Gasteiger partial charge in [-0.3, -0.25) is 9.78 Å². The average Bonchev–Trinajstić information content (AvgIpc) is 3.37.